The fourth-order valence-corrected chi connectivity index (χ4v) is 1.55. The number of hydrogen-bond acceptors (Lipinski definition) is 3. The summed E-state index contributed by atoms with van der Waals surface area (Å²) in [5, 5.41) is -0.166. The quantitative estimate of drug-likeness (QED) is 0.728. The van der Waals surface area contributed by atoms with Crippen molar-refractivity contribution in [3.05, 3.63) is 29.0 Å². The molecule has 16 heavy (non-hydrogen) atoms. The summed E-state index contributed by atoms with van der Waals surface area (Å²) in [6, 6.07) is 3.58. The highest BCUT2D eigenvalue weighted by Crippen LogP contribution is 2.35. The van der Waals surface area contributed by atoms with Crippen LogP contribution in [0.5, 0.6) is 0 Å². The molecule has 0 unspecified atom stereocenters. The molecule has 1 heterocycles. The average Bonchev–Trinajstić information content (AvgIpc) is 2.15. The Morgan fingerprint density at radius 3 is 2.50 bits per heavy atom. The number of fused-ring (bicyclic) bond motifs is 1. The Hall–Kier alpha value is -1.56. The van der Waals surface area contributed by atoms with E-state index < -0.39 is 11.7 Å². The van der Waals surface area contributed by atoms with Crippen LogP contribution in [0.25, 0.3) is 10.9 Å². The molecule has 2 aromatic rings. The molecule has 0 amide bonds. The van der Waals surface area contributed by atoms with Gasteiger partial charge in [0.05, 0.1) is 11.1 Å². The van der Waals surface area contributed by atoms with E-state index in [0.717, 1.165) is 6.07 Å². The highest BCUT2D eigenvalue weighted by atomic mass is 35.5. The molecule has 0 bridgehead atoms. The van der Waals surface area contributed by atoms with Crippen LogP contribution in [-0.2, 0) is 6.18 Å². The molecule has 0 radical (unpaired) electrons. The van der Waals surface area contributed by atoms with Crippen LogP contribution in [0, 0.1) is 0 Å². The van der Waals surface area contributed by atoms with Crippen molar-refractivity contribution >= 4 is 28.3 Å². The summed E-state index contributed by atoms with van der Waals surface area (Å²) in [7, 11) is 0. The Morgan fingerprint density at radius 1 is 1.19 bits per heavy atom. The molecule has 0 aliphatic rings. The molecule has 1 aromatic carbocycles. The average molecular weight is 248 g/mol. The van der Waals surface area contributed by atoms with Crippen LogP contribution in [-0.4, -0.2) is 9.97 Å². The Morgan fingerprint density at radius 2 is 1.88 bits per heavy atom. The van der Waals surface area contributed by atoms with Gasteiger partial charge < -0.3 is 5.73 Å². The number of para-hydroxylation sites is 1. The summed E-state index contributed by atoms with van der Waals surface area (Å²) in [6.07, 6.45) is -4.50. The van der Waals surface area contributed by atoms with E-state index >= 15 is 0 Å². The molecular formula is C9H5ClF3N3. The lowest BCUT2D eigenvalue weighted by Gasteiger charge is -2.10. The first-order chi connectivity index (χ1) is 7.39. The van der Waals surface area contributed by atoms with E-state index in [1.54, 1.807) is 0 Å². The van der Waals surface area contributed by atoms with Gasteiger partial charge in [-0.15, -0.1) is 0 Å². The molecule has 3 nitrogen and oxygen atoms in total. The van der Waals surface area contributed by atoms with Gasteiger partial charge in [-0.2, -0.15) is 13.2 Å². The topological polar surface area (TPSA) is 51.8 Å². The van der Waals surface area contributed by atoms with Gasteiger partial charge in [-0.25, -0.2) is 9.97 Å². The van der Waals surface area contributed by atoms with Gasteiger partial charge in [-0.1, -0.05) is 6.07 Å². The largest absolute Gasteiger partial charge is 0.418 e. The number of halogens is 4. The minimum Gasteiger partial charge on any atom is -0.383 e. The highest BCUT2D eigenvalue weighted by molar-refractivity contribution is 6.28. The Balaban J connectivity index is 2.87. The van der Waals surface area contributed by atoms with Crippen molar-refractivity contribution in [1.29, 1.82) is 0 Å². The molecule has 2 rings (SSSR count). The third kappa shape index (κ3) is 1.76. The number of alkyl halides is 3. The van der Waals surface area contributed by atoms with Crippen LogP contribution in [0.3, 0.4) is 0 Å². The lowest BCUT2D eigenvalue weighted by molar-refractivity contribution is -0.136. The van der Waals surface area contributed by atoms with Crippen LogP contribution in [0.4, 0.5) is 19.0 Å². The van der Waals surface area contributed by atoms with Crippen molar-refractivity contribution in [2.24, 2.45) is 0 Å². The van der Waals surface area contributed by atoms with Crippen molar-refractivity contribution in [3.8, 4) is 0 Å². The number of nitrogen functional groups attached to an aromatic ring is 1. The second kappa shape index (κ2) is 3.48. The number of aromatic nitrogens is 2. The smallest absolute Gasteiger partial charge is 0.383 e. The number of hydrogen-bond donors (Lipinski definition) is 1. The van der Waals surface area contributed by atoms with Crippen LogP contribution < -0.4 is 5.73 Å². The van der Waals surface area contributed by atoms with E-state index in [1.165, 1.54) is 12.1 Å². The number of anilines is 1. The van der Waals surface area contributed by atoms with Gasteiger partial charge in [0.15, 0.2) is 0 Å². The van der Waals surface area contributed by atoms with Gasteiger partial charge in [0.1, 0.15) is 5.82 Å². The van der Waals surface area contributed by atoms with Gasteiger partial charge in [0, 0.05) is 5.39 Å². The summed E-state index contributed by atoms with van der Waals surface area (Å²) in [5.74, 6) is -0.0684. The molecule has 7 heteroatoms. The fourth-order valence-electron chi connectivity index (χ4n) is 1.38. The molecule has 0 aliphatic carbocycles. The Labute approximate surface area is 93.1 Å². The third-order valence-electron chi connectivity index (χ3n) is 2.03. The first-order valence-corrected chi connectivity index (χ1v) is 4.56. The van der Waals surface area contributed by atoms with Gasteiger partial charge in [-0.3, -0.25) is 0 Å². The minimum atomic E-state index is -4.50. The first kappa shape index (κ1) is 10.9. The van der Waals surface area contributed by atoms with Crippen molar-refractivity contribution in [3.63, 3.8) is 0 Å². The van der Waals surface area contributed by atoms with Crippen LogP contribution in [0.1, 0.15) is 5.56 Å². The van der Waals surface area contributed by atoms with E-state index in [4.69, 9.17) is 17.3 Å². The van der Waals surface area contributed by atoms with E-state index in [9.17, 15) is 13.2 Å². The number of nitrogens with zero attached hydrogens (tertiary/aromatic N) is 2. The summed E-state index contributed by atoms with van der Waals surface area (Å²) in [5.41, 5.74) is 4.31. The lowest BCUT2D eigenvalue weighted by Crippen LogP contribution is -2.07. The van der Waals surface area contributed by atoms with Crippen LogP contribution >= 0.6 is 11.6 Å². The zero-order valence-electron chi connectivity index (χ0n) is 7.72. The minimum absolute atomic E-state index is 0.0684. The van der Waals surface area contributed by atoms with Gasteiger partial charge >= 0.3 is 6.18 Å². The lowest BCUT2D eigenvalue weighted by atomic mass is 10.1. The molecule has 84 valence electrons. The molecule has 0 spiro atoms. The number of nitrogens with two attached hydrogens (primary N) is 1. The Kier molecular flexibility index (Phi) is 2.38. The number of rotatable bonds is 0. The van der Waals surface area contributed by atoms with Gasteiger partial charge in [0.25, 0.3) is 0 Å². The molecular weight excluding hydrogens is 243 g/mol. The fraction of sp³-hybridized carbons (Fsp3) is 0.111. The maximum atomic E-state index is 12.6. The zero-order chi connectivity index (χ0) is 11.9. The predicted molar refractivity (Wildman–Crippen MR) is 54.0 cm³/mol. The number of benzene rings is 1. The van der Waals surface area contributed by atoms with Crippen LogP contribution in [0.15, 0.2) is 18.2 Å². The molecule has 0 fully saturated rings. The molecule has 0 aliphatic heterocycles. The third-order valence-corrected chi connectivity index (χ3v) is 2.20. The summed E-state index contributed by atoms with van der Waals surface area (Å²) >= 11 is 5.48. The van der Waals surface area contributed by atoms with E-state index in [0.29, 0.717) is 0 Å². The maximum absolute atomic E-state index is 12.6. The first-order valence-electron chi connectivity index (χ1n) is 4.18. The van der Waals surface area contributed by atoms with Crippen molar-refractivity contribution < 1.29 is 13.2 Å². The van der Waals surface area contributed by atoms with Crippen molar-refractivity contribution in [2.45, 2.75) is 6.18 Å². The highest BCUT2D eigenvalue weighted by Gasteiger charge is 2.33. The standard InChI is InChI=1S/C9H5ClF3N3/c10-8-15-6-4(7(14)16-8)2-1-3-5(6)9(11,12)13/h1-3H,(H2,14,15,16). The van der Waals surface area contributed by atoms with E-state index in [2.05, 4.69) is 9.97 Å². The maximum Gasteiger partial charge on any atom is 0.418 e. The zero-order valence-corrected chi connectivity index (χ0v) is 8.47. The second-order valence-electron chi connectivity index (χ2n) is 3.08. The van der Waals surface area contributed by atoms with Crippen molar-refractivity contribution in [2.75, 3.05) is 5.73 Å². The molecule has 0 saturated carbocycles. The monoisotopic (exact) mass is 247 g/mol. The Bertz CT molecular complexity index is 553. The summed E-state index contributed by atoms with van der Waals surface area (Å²) in [6.45, 7) is 0. The van der Waals surface area contributed by atoms with Gasteiger partial charge in [-0.05, 0) is 23.7 Å². The molecule has 1 aromatic heterocycles. The summed E-state index contributed by atoms with van der Waals surface area (Å²) in [4.78, 5) is 7.15. The molecule has 0 atom stereocenters. The van der Waals surface area contributed by atoms with Crippen LogP contribution in [0.2, 0.25) is 5.28 Å². The molecule has 2 N–H and O–H groups in total. The van der Waals surface area contributed by atoms with E-state index in [-0.39, 0.29) is 22.0 Å². The molecule has 0 saturated heterocycles. The summed E-state index contributed by atoms with van der Waals surface area (Å²) < 4.78 is 37.9. The van der Waals surface area contributed by atoms with E-state index in [1.807, 2.05) is 0 Å². The predicted octanol–water partition coefficient (Wildman–Crippen LogP) is 2.88. The van der Waals surface area contributed by atoms with Gasteiger partial charge in [0.2, 0.25) is 5.28 Å². The SMILES string of the molecule is Nc1nc(Cl)nc2c(C(F)(F)F)cccc12. The normalized spacial score (nSPS) is 12.0. The van der Waals surface area contributed by atoms with Crippen molar-refractivity contribution in [1.82, 2.24) is 9.97 Å². The second-order valence-corrected chi connectivity index (χ2v) is 3.42.